The van der Waals surface area contributed by atoms with Crippen LogP contribution in [0.1, 0.15) is 63.5 Å². The minimum atomic E-state index is 0.416. The summed E-state index contributed by atoms with van der Waals surface area (Å²) < 4.78 is 0. The Balaban J connectivity index is 2.29. The lowest BCUT2D eigenvalue weighted by Gasteiger charge is -2.17. The Morgan fingerprint density at radius 3 is 2.17 bits per heavy atom. The summed E-state index contributed by atoms with van der Waals surface area (Å²) in [6.07, 6.45) is 9.71. The van der Waals surface area contributed by atoms with Crippen molar-refractivity contribution >= 4 is 0 Å². The van der Waals surface area contributed by atoms with Gasteiger partial charge in [-0.2, -0.15) is 0 Å². The van der Waals surface area contributed by atoms with Crippen molar-refractivity contribution in [1.82, 2.24) is 0 Å². The van der Waals surface area contributed by atoms with Crippen molar-refractivity contribution < 1.29 is 5.11 Å². The van der Waals surface area contributed by atoms with Crippen LogP contribution in [-0.2, 0) is 12.8 Å². The molecule has 1 nitrogen and oxygen atoms in total. The minimum absolute atomic E-state index is 0.416. The summed E-state index contributed by atoms with van der Waals surface area (Å²) in [4.78, 5) is 0. The molecule has 23 heavy (non-hydrogen) atoms. The van der Waals surface area contributed by atoms with Crippen LogP contribution in [0.15, 0.2) is 42.5 Å². The zero-order chi connectivity index (χ0) is 16.5. The van der Waals surface area contributed by atoms with E-state index in [0.717, 1.165) is 30.4 Å². The monoisotopic (exact) mass is 310 g/mol. The van der Waals surface area contributed by atoms with Crippen molar-refractivity contribution in [2.24, 2.45) is 0 Å². The normalized spacial score (nSPS) is 10.9. The van der Waals surface area contributed by atoms with Gasteiger partial charge in [0, 0.05) is 5.56 Å². The standard InChI is InChI=1S/C22H30O/c1-3-5-6-7-11-15-20-18(12-4-2)16-17-21(23)22(20)19-13-9-8-10-14-19/h8-10,13-14,16-17,23H,3-7,11-12,15H2,1-2H3. The molecule has 0 aliphatic carbocycles. The Morgan fingerprint density at radius 1 is 0.739 bits per heavy atom. The molecule has 0 unspecified atom stereocenters. The van der Waals surface area contributed by atoms with Gasteiger partial charge in [-0.25, -0.2) is 0 Å². The van der Waals surface area contributed by atoms with Crippen molar-refractivity contribution in [3.8, 4) is 16.9 Å². The first kappa shape index (κ1) is 17.6. The molecule has 0 atom stereocenters. The second kappa shape index (κ2) is 9.39. The van der Waals surface area contributed by atoms with Gasteiger partial charge in [-0.3, -0.25) is 0 Å². The van der Waals surface area contributed by atoms with E-state index < -0.39 is 0 Å². The van der Waals surface area contributed by atoms with Gasteiger partial charge in [0.25, 0.3) is 0 Å². The van der Waals surface area contributed by atoms with Gasteiger partial charge >= 0.3 is 0 Å². The Bertz CT molecular complexity index is 586. The summed E-state index contributed by atoms with van der Waals surface area (Å²) in [6.45, 7) is 4.47. The van der Waals surface area contributed by atoms with E-state index in [1.807, 2.05) is 24.3 Å². The summed E-state index contributed by atoms with van der Waals surface area (Å²) >= 11 is 0. The number of hydrogen-bond acceptors (Lipinski definition) is 1. The lowest BCUT2D eigenvalue weighted by atomic mass is 9.89. The molecule has 0 saturated carbocycles. The minimum Gasteiger partial charge on any atom is -0.507 e. The molecule has 1 heteroatoms. The maximum Gasteiger partial charge on any atom is 0.123 e. The highest BCUT2D eigenvalue weighted by atomic mass is 16.3. The molecule has 0 fully saturated rings. The molecular weight excluding hydrogens is 280 g/mol. The first-order valence-electron chi connectivity index (χ1n) is 9.17. The third-order valence-corrected chi connectivity index (χ3v) is 4.50. The summed E-state index contributed by atoms with van der Waals surface area (Å²) in [7, 11) is 0. The molecule has 0 aliphatic rings. The van der Waals surface area contributed by atoms with Crippen LogP contribution in [0.2, 0.25) is 0 Å². The largest absolute Gasteiger partial charge is 0.507 e. The Labute approximate surface area is 141 Å². The van der Waals surface area contributed by atoms with Gasteiger partial charge in [0.15, 0.2) is 0 Å². The van der Waals surface area contributed by atoms with E-state index in [2.05, 4.69) is 32.0 Å². The molecule has 0 amide bonds. The van der Waals surface area contributed by atoms with E-state index in [1.165, 1.54) is 43.2 Å². The van der Waals surface area contributed by atoms with Crippen LogP contribution in [-0.4, -0.2) is 5.11 Å². The van der Waals surface area contributed by atoms with Crippen LogP contribution in [0.4, 0.5) is 0 Å². The van der Waals surface area contributed by atoms with Gasteiger partial charge in [-0.05, 0) is 42.0 Å². The quantitative estimate of drug-likeness (QED) is 0.522. The fourth-order valence-electron chi connectivity index (χ4n) is 3.30. The predicted molar refractivity (Wildman–Crippen MR) is 100 cm³/mol. The molecule has 0 bridgehead atoms. The van der Waals surface area contributed by atoms with E-state index in [1.54, 1.807) is 0 Å². The first-order chi connectivity index (χ1) is 11.3. The Hall–Kier alpha value is -1.76. The SMILES string of the molecule is CCCCCCCc1c(CCC)ccc(O)c1-c1ccccc1. The molecule has 0 heterocycles. The highest BCUT2D eigenvalue weighted by molar-refractivity contribution is 5.75. The van der Waals surface area contributed by atoms with E-state index in [0.29, 0.717) is 5.75 Å². The average molecular weight is 310 g/mol. The molecule has 2 aromatic rings. The van der Waals surface area contributed by atoms with Crippen LogP contribution in [0.3, 0.4) is 0 Å². The number of rotatable bonds is 9. The van der Waals surface area contributed by atoms with Crippen LogP contribution in [0.25, 0.3) is 11.1 Å². The van der Waals surface area contributed by atoms with Crippen molar-refractivity contribution in [3.05, 3.63) is 53.6 Å². The van der Waals surface area contributed by atoms with Crippen molar-refractivity contribution in [1.29, 1.82) is 0 Å². The van der Waals surface area contributed by atoms with Gasteiger partial charge in [-0.1, -0.05) is 82.3 Å². The summed E-state index contributed by atoms with van der Waals surface area (Å²) in [5.74, 6) is 0.416. The molecule has 2 rings (SSSR count). The summed E-state index contributed by atoms with van der Waals surface area (Å²) in [5.41, 5.74) is 4.94. The molecular formula is C22H30O. The number of phenolic OH excluding ortho intramolecular Hbond substituents is 1. The number of benzene rings is 2. The van der Waals surface area contributed by atoms with Gasteiger partial charge in [0.2, 0.25) is 0 Å². The Kier molecular flexibility index (Phi) is 7.19. The van der Waals surface area contributed by atoms with Gasteiger partial charge in [-0.15, -0.1) is 0 Å². The number of aromatic hydroxyl groups is 1. The number of hydrogen-bond donors (Lipinski definition) is 1. The molecule has 0 aliphatic heterocycles. The summed E-state index contributed by atoms with van der Waals surface area (Å²) in [5, 5.41) is 10.5. The first-order valence-corrected chi connectivity index (χ1v) is 9.17. The van der Waals surface area contributed by atoms with Crippen LogP contribution < -0.4 is 0 Å². The fourth-order valence-corrected chi connectivity index (χ4v) is 3.30. The zero-order valence-corrected chi connectivity index (χ0v) is 14.6. The maximum atomic E-state index is 10.5. The maximum absolute atomic E-state index is 10.5. The van der Waals surface area contributed by atoms with Crippen LogP contribution in [0.5, 0.6) is 5.75 Å². The lowest BCUT2D eigenvalue weighted by molar-refractivity contribution is 0.476. The predicted octanol–water partition coefficient (Wildman–Crippen LogP) is 6.52. The van der Waals surface area contributed by atoms with E-state index in [9.17, 15) is 5.11 Å². The molecule has 0 radical (unpaired) electrons. The number of aryl methyl sites for hydroxylation is 1. The number of unbranched alkanes of at least 4 members (excludes halogenated alkanes) is 4. The van der Waals surface area contributed by atoms with Gasteiger partial charge in [0.1, 0.15) is 5.75 Å². The van der Waals surface area contributed by atoms with E-state index >= 15 is 0 Å². The van der Waals surface area contributed by atoms with Crippen LogP contribution in [0, 0.1) is 0 Å². The molecule has 124 valence electrons. The molecule has 0 saturated heterocycles. The second-order valence-corrected chi connectivity index (χ2v) is 6.38. The van der Waals surface area contributed by atoms with Gasteiger partial charge in [0.05, 0.1) is 0 Å². The summed E-state index contributed by atoms with van der Waals surface area (Å²) in [6, 6.07) is 14.3. The second-order valence-electron chi connectivity index (χ2n) is 6.38. The fraction of sp³-hybridized carbons (Fsp3) is 0.455. The van der Waals surface area contributed by atoms with E-state index in [-0.39, 0.29) is 0 Å². The number of phenols is 1. The molecule has 1 N–H and O–H groups in total. The third kappa shape index (κ3) is 4.86. The highest BCUT2D eigenvalue weighted by Gasteiger charge is 2.14. The average Bonchev–Trinajstić information content (AvgIpc) is 2.58. The molecule has 2 aromatic carbocycles. The van der Waals surface area contributed by atoms with Crippen molar-refractivity contribution in [2.45, 2.75) is 65.2 Å². The smallest absolute Gasteiger partial charge is 0.123 e. The zero-order valence-electron chi connectivity index (χ0n) is 14.6. The van der Waals surface area contributed by atoms with Crippen molar-refractivity contribution in [3.63, 3.8) is 0 Å². The topological polar surface area (TPSA) is 20.2 Å². The highest BCUT2D eigenvalue weighted by Crippen LogP contribution is 2.36. The molecule has 0 aromatic heterocycles. The van der Waals surface area contributed by atoms with E-state index in [4.69, 9.17) is 0 Å². The van der Waals surface area contributed by atoms with Crippen molar-refractivity contribution in [2.75, 3.05) is 0 Å². The molecule has 0 spiro atoms. The van der Waals surface area contributed by atoms with Crippen LogP contribution >= 0.6 is 0 Å². The third-order valence-electron chi connectivity index (χ3n) is 4.50. The van der Waals surface area contributed by atoms with Gasteiger partial charge < -0.3 is 5.11 Å². The Morgan fingerprint density at radius 2 is 1.48 bits per heavy atom. The lowest BCUT2D eigenvalue weighted by Crippen LogP contribution is -1.99.